The van der Waals surface area contributed by atoms with Gasteiger partial charge < -0.3 is 9.47 Å². The molecule has 1 heterocycles. The van der Waals surface area contributed by atoms with Crippen LogP contribution in [0.25, 0.3) is 0 Å². The number of fused-ring (bicyclic) bond motifs is 5. The fourth-order valence-corrected chi connectivity index (χ4v) is 8.92. The highest BCUT2D eigenvalue weighted by Gasteiger charge is 2.63. The molecule has 0 amide bonds. The van der Waals surface area contributed by atoms with Gasteiger partial charge in [0.2, 0.25) is 0 Å². The fourth-order valence-electron chi connectivity index (χ4n) is 8.92. The summed E-state index contributed by atoms with van der Waals surface area (Å²) >= 11 is 0. The average Bonchev–Trinajstić information content (AvgIpc) is 3.21. The van der Waals surface area contributed by atoms with E-state index < -0.39 is 0 Å². The predicted molar refractivity (Wildman–Crippen MR) is 114 cm³/mol. The SMILES string of the molecule is CC(=O)O[C@@H]1CC[C@]2(C)C(=CC[C@H]3[C@@H]4CC[C@@H]([C@@]5(C)CCC(=O)O5)[C@]4(C)CC[C@@H]32)C1. The first-order valence-corrected chi connectivity index (χ1v) is 12.2. The third-order valence-electron chi connectivity index (χ3n) is 10.3. The van der Waals surface area contributed by atoms with Crippen LogP contribution in [0.15, 0.2) is 11.6 Å². The average molecular weight is 415 g/mol. The molecule has 4 fully saturated rings. The normalized spacial score (nSPS) is 50.1. The maximum atomic E-state index is 11.9. The highest BCUT2D eigenvalue weighted by atomic mass is 16.6. The molecule has 8 atom stereocenters. The summed E-state index contributed by atoms with van der Waals surface area (Å²) in [6.07, 6.45) is 13.3. The second kappa shape index (κ2) is 6.84. The van der Waals surface area contributed by atoms with Gasteiger partial charge in [0.05, 0.1) is 0 Å². The molecule has 0 aromatic heterocycles. The van der Waals surface area contributed by atoms with Crippen LogP contribution in [0.3, 0.4) is 0 Å². The number of ether oxygens (including phenoxy) is 2. The molecule has 0 spiro atoms. The molecule has 1 aliphatic heterocycles. The molecule has 5 rings (SSSR count). The maximum absolute atomic E-state index is 11.9. The van der Waals surface area contributed by atoms with Crippen molar-refractivity contribution in [2.45, 2.75) is 104 Å². The summed E-state index contributed by atoms with van der Waals surface area (Å²) in [5.41, 5.74) is 1.85. The van der Waals surface area contributed by atoms with Gasteiger partial charge in [0.1, 0.15) is 11.7 Å². The molecular formula is C26H38O4. The summed E-state index contributed by atoms with van der Waals surface area (Å²) in [4.78, 5) is 23.4. The van der Waals surface area contributed by atoms with Crippen LogP contribution < -0.4 is 0 Å². The lowest BCUT2D eigenvalue weighted by Gasteiger charge is -2.59. The molecule has 1 saturated heterocycles. The lowest BCUT2D eigenvalue weighted by atomic mass is 9.46. The Morgan fingerprint density at radius 3 is 2.57 bits per heavy atom. The summed E-state index contributed by atoms with van der Waals surface area (Å²) in [7, 11) is 0. The highest BCUT2D eigenvalue weighted by Crippen LogP contribution is 2.68. The fraction of sp³-hybridized carbons (Fsp3) is 0.846. The first-order valence-electron chi connectivity index (χ1n) is 12.2. The Morgan fingerprint density at radius 1 is 1.07 bits per heavy atom. The molecule has 4 nitrogen and oxygen atoms in total. The Hall–Kier alpha value is -1.32. The molecule has 0 N–H and O–H groups in total. The Kier molecular flexibility index (Phi) is 4.69. The van der Waals surface area contributed by atoms with Crippen LogP contribution in [0.1, 0.15) is 91.9 Å². The maximum Gasteiger partial charge on any atom is 0.306 e. The van der Waals surface area contributed by atoms with Crippen molar-refractivity contribution in [2.24, 2.45) is 34.5 Å². The molecule has 3 saturated carbocycles. The third-order valence-corrected chi connectivity index (χ3v) is 10.3. The predicted octanol–water partition coefficient (Wildman–Crippen LogP) is 5.59. The second-order valence-corrected chi connectivity index (χ2v) is 11.7. The lowest BCUT2D eigenvalue weighted by Crippen LogP contribution is -2.53. The minimum atomic E-state index is -0.255. The van der Waals surface area contributed by atoms with Gasteiger partial charge in [-0.1, -0.05) is 25.5 Å². The van der Waals surface area contributed by atoms with Crippen molar-refractivity contribution in [1.29, 1.82) is 0 Å². The standard InChI is InChI=1S/C26H38O4/c1-16(27)29-18-9-12-24(2)17(15-18)5-6-19-20-7-8-22(25(20,3)13-10-21(19)24)26(4)14-11-23(28)30-26/h5,18-22H,6-15H2,1-4H3/t18-,19+,20+,21+,22-,24-,25-,26-/m1/s1. The number of cyclic esters (lactones) is 1. The highest BCUT2D eigenvalue weighted by molar-refractivity contribution is 5.72. The number of carbonyl (C=O) groups is 2. The van der Waals surface area contributed by atoms with Gasteiger partial charge in [-0.3, -0.25) is 9.59 Å². The van der Waals surface area contributed by atoms with E-state index in [2.05, 4.69) is 26.8 Å². The van der Waals surface area contributed by atoms with Crippen LogP contribution in [-0.4, -0.2) is 23.6 Å². The van der Waals surface area contributed by atoms with E-state index in [-0.39, 0.29) is 34.5 Å². The summed E-state index contributed by atoms with van der Waals surface area (Å²) in [5.74, 6) is 2.57. The number of carbonyl (C=O) groups excluding carboxylic acids is 2. The van der Waals surface area contributed by atoms with E-state index in [1.54, 1.807) is 5.57 Å². The first kappa shape index (κ1) is 20.6. The first-order chi connectivity index (χ1) is 14.2. The van der Waals surface area contributed by atoms with Gasteiger partial charge in [-0.25, -0.2) is 0 Å². The van der Waals surface area contributed by atoms with Gasteiger partial charge in [-0.15, -0.1) is 0 Å². The van der Waals surface area contributed by atoms with Crippen molar-refractivity contribution < 1.29 is 19.1 Å². The molecular weight excluding hydrogens is 376 g/mol. The van der Waals surface area contributed by atoms with E-state index >= 15 is 0 Å². The summed E-state index contributed by atoms with van der Waals surface area (Å²) in [6.45, 7) is 8.75. The van der Waals surface area contributed by atoms with Crippen LogP contribution in [0.4, 0.5) is 0 Å². The van der Waals surface area contributed by atoms with Crippen LogP contribution in [-0.2, 0) is 19.1 Å². The molecule has 166 valence electrons. The molecule has 0 aromatic carbocycles. The van der Waals surface area contributed by atoms with E-state index in [0.29, 0.717) is 12.3 Å². The van der Waals surface area contributed by atoms with Crippen molar-refractivity contribution in [3.05, 3.63) is 11.6 Å². The van der Waals surface area contributed by atoms with Crippen molar-refractivity contribution >= 4 is 11.9 Å². The Bertz CT molecular complexity index is 786. The molecule has 0 bridgehead atoms. The lowest BCUT2D eigenvalue weighted by molar-refractivity contribution is -0.159. The molecule has 4 aliphatic carbocycles. The quantitative estimate of drug-likeness (QED) is 0.436. The summed E-state index contributed by atoms with van der Waals surface area (Å²) in [5, 5.41) is 0. The minimum Gasteiger partial charge on any atom is -0.462 e. The summed E-state index contributed by atoms with van der Waals surface area (Å²) < 4.78 is 11.5. The molecule has 0 unspecified atom stereocenters. The number of allylic oxidation sites excluding steroid dienone is 1. The summed E-state index contributed by atoms with van der Waals surface area (Å²) in [6, 6.07) is 0. The number of esters is 2. The Labute approximate surface area is 181 Å². The molecule has 30 heavy (non-hydrogen) atoms. The van der Waals surface area contributed by atoms with E-state index in [1.807, 2.05) is 0 Å². The van der Waals surface area contributed by atoms with Gasteiger partial charge in [0.25, 0.3) is 0 Å². The van der Waals surface area contributed by atoms with Crippen LogP contribution >= 0.6 is 0 Å². The number of hydrogen-bond donors (Lipinski definition) is 0. The number of hydrogen-bond acceptors (Lipinski definition) is 4. The minimum absolute atomic E-state index is 0.000489. The second-order valence-electron chi connectivity index (χ2n) is 11.7. The van der Waals surface area contributed by atoms with Gasteiger partial charge >= 0.3 is 11.9 Å². The zero-order valence-electron chi connectivity index (χ0n) is 19.2. The van der Waals surface area contributed by atoms with Gasteiger partial charge in [-0.2, -0.15) is 0 Å². The Morgan fingerprint density at radius 2 is 1.87 bits per heavy atom. The van der Waals surface area contributed by atoms with Crippen molar-refractivity contribution in [3.63, 3.8) is 0 Å². The van der Waals surface area contributed by atoms with E-state index in [1.165, 1.54) is 39.0 Å². The van der Waals surface area contributed by atoms with E-state index in [0.717, 1.165) is 43.4 Å². The monoisotopic (exact) mass is 414 g/mol. The topological polar surface area (TPSA) is 52.6 Å². The third kappa shape index (κ3) is 2.92. The van der Waals surface area contributed by atoms with Gasteiger partial charge in [-0.05, 0) is 86.9 Å². The van der Waals surface area contributed by atoms with Crippen LogP contribution in [0, 0.1) is 34.5 Å². The van der Waals surface area contributed by atoms with Crippen LogP contribution in [0.2, 0.25) is 0 Å². The molecule has 4 heteroatoms. The smallest absolute Gasteiger partial charge is 0.306 e. The van der Waals surface area contributed by atoms with Crippen molar-refractivity contribution in [1.82, 2.24) is 0 Å². The zero-order valence-corrected chi connectivity index (χ0v) is 19.2. The molecule has 5 aliphatic rings. The van der Waals surface area contributed by atoms with Crippen molar-refractivity contribution in [3.8, 4) is 0 Å². The van der Waals surface area contributed by atoms with E-state index in [9.17, 15) is 9.59 Å². The van der Waals surface area contributed by atoms with Gasteiger partial charge in [0, 0.05) is 25.7 Å². The zero-order chi connectivity index (χ0) is 21.3. The van der Waals surface area contributed by atoms with Gasteiger partial charge in [0.15, 0.2) is 0 Å². The number of rotatable bonds is 2. The molecule has 0 aromatic rings. The van der Waals surface area contributed by atoms with Crippen LogP contribution in [0.5, 0.6) is 0 Å². The molecule has 0 radical (unpaired) electrons. The van der Waals surface area contributed by atoms with Crippen molar-refractivity contribution in [2.75, 3.05) is 0 Å². The largest absolute Gasteiger partial charge is 0.462 e. The van der Waals surface area contributed by atoms with E-state index in [4.69, 9.17) is 9.47 Å². The Balaban J connectivity index is 1.39.